The standard InChI is InChI=1S/C44H28/c1-25-21-35-31-17-19-33-42-34(20-18-32(41(31)42)36(35)22-26(25)2)44-40(28-13-7-4-8-14-28)38-24-30-16-10-9-15-29(30)23-37(38)39(43(33)44)27-11-5-3-6-12-27/h3-24H,1-2H3. The van der Waals surface area contributed by atoms with Crippen LogP contribution in [-0.4, -0.2) is 0 Å². The highest BCUT2D eigenvalue weighted by molar-refractivity contribution is 6.32. The topological polar surface area (TPSA) is 0 Å². The van der Waals surface area contributed by atoms with Gasteiger partial charge >= 0.3 is 0 Å². The quantitative estimate of drug-likeness (QED) is 0.186. The summed E-state index contributed by atoms with van der Waals surface area (Å²) in [6.07, 6.45) is 0. The third-order valence-corrected chi connectivity index (χ3v) is 10.2. The Morgan fingerprint density at radius 3 is 1.16 bits per heavy atom. The Morgan fingerprint density at radius 2 is 0.705 bits per heavy atom. The van der Waals surface area contributed by atoms with Crippen molar-refractivity contribution in [2.24, 2.45) is 0 Å². The van der Waals surface area contributed by atoms with Crippen molar-refractivity contribution in [1.82, 2.24) is 0 Å². The highest BCUT2D eigenvalue weighted by Crippen LogP contribution is 2.61. The second-order valence-electron chi connectivity index (χ2n) is 12.5. The van der Waals surface area contributed by atoms with Crippen molar-refractivity contribution in [1.29, 1.82) is 0 Å². The van der Waals surface area contributed by atoms with E-state index in [1.807, 2.05) is 0 Å². The Balaban J connectivity index is 1.44. The van der Waals surface area contributed by atoms with Crippen LogP contribution < -0.4 is 0 Å². The summed E-state index contributed by atoms with van der Waals surface area (Å²) in [5.41, 5.74) is 18.8. The van der Waals surface area contributed by atoms with Crippen molar-refractivity contribution in [2.45, 2.75) is 13.8 Å². The van der Waals surface area contributed by atoms with Gasteiger partial charge in [-0.1, -0.05) is 121 Å². The maximum Gasteiger partial charge on any atom is -0.000740 e. The summed E-state index contributed by atoms with van der Waals surface area (Å²) in [5.74, 6) is 0. The lowest BCUT2D eigenvalue weighted by Crippen LogP contribution is -1.94. The van der Waals surface area contributed by atoms with Crippen molar-refractivity contribution < 1.29 is 0 Å². The highest BCUT2D eigenvalue weighted by Gasteiger charge is 2.34. The molecule has 10 rings (SSSR count). The zero-order valence-electron chi connectivity index (χ0n) is 24.7. The van der Waals surface area contributed by atoms with Gasteiger partial charge in [-0.2, -0.15) is 0 Å². The normalized spacial score (nSPS) is 12.3. The molecule has 0 aromatic heterocycles. The van der Waals surface area contributed by atoms with E-state index in [0.29, 0.717) is 0 Å². The van der Waals surface area contributed by atoms with Crippen LogP contribution in [0.15, 0.2) is 133 Å². The van der Waals surface area contributed by atoms with Crippen molar-refractivity contribution in [3.8, 4) is 66.8 Å². The fourth-order valence-corrected chi connectivity index (χ4v) is 8.14. The number of hydrogen-bond acceptors (Lipinski definition) is 0. The van der Waals surface area contributed by atoms with Crippen LogP contribution >= 0.6 is 0 Å². The van der Waals surface area contributed by atoms with E-state index in [2.05, 4.69) is 147 Å². The summed E-state index contributed by atoms with van der Waals surface area (Å²) < 4.78 is 0. The summed E-state index contributed by atoms with van der Waals surface area (Å²) >= 11 is 0. The van der Waals surface area contributed by atoms with Gasteiger partial charge in [-0.05, 0) is 136 Å². The summed E-state index contributed by atoms with van der Waals surface area (Å²) in [6, 6.07) is 50.1. The second-order valence-corrected chi connectivity index (χ2v) is 12.5. The fraction of sp³-hybridized carbons (Fsp3) is 0.0455. The molecule has 44 heavy (non-hydrogen) atoms. The van der Waals surface area contributed by atoms with Crippen molar-refractivity contribution in [3.05, 3.63) is 145 Å². The largest absolute Gasteiger partial charge is 0.0622 e. The van der Waals surface area contributed by atoms with Crippen LogP contribution in [0.4, 0.5) is 0 Å². The molecule has 0 N–H and O–H groups in total. The molecule has 2 aliphatic carbocycles. The van der Waals surface area contributed by atoms with E-state index in [9.17, 15) is 0 Å². The first kappa shape index (κ1) is 24.0. The van der Waals surface area contributed by atoms with Gasteiger partial charge in [0.1, 0.15) is 0 Å². The van der Waals surface area contributed by atoms with Crippen molar-refractivity contribution in [3.63, 3.8) is 0 Å². The molecule has 8 aromatic rings. The maximum atomic E-state index is 2.43. The average Bonchev–Trinajstić information content (AvgIpc) is 3.55. The SMILES string of the molecule is Cc1cc2c(cc1C)-c1ccc3c4c(ccc-2c14)-c1c-3c(-c2ccccc2)c2cc3ccccc3cc2c1-c1ccccc1. The number of fused-ring (bicyclic) bond motifs is 8. The van der Waals surface area contributed by atoms with Gasteiger partial charge < -0.3 is 0 Å². The first-order valence-electron chi connectivity index (χ1n) is 15.5. The minimum absolute atomic E-state index is 1.26. The molecule has 0 heterocycles. The lowest BCUT2D eigenvalue weighted by atomic mass is 9.82. The molecule has 0 bridgehead atoms. The minimum atomic E-state index is 1.26. The Morgan fingerprint density at radius 1 is 0.318 bits per heavy atom. The Bertz CT molecular complexity index is 2360. The van der Waals surface area contributed by atoms with E-state index in [-0.39, 0.29) is 0 Å². The monoisotopic (exact) mass is 556 g/mol. The lowest BCUT2D eigenvalue weighted by molar-refractivity contribution is 1.35. The molecular formula is C44H28. The van der Waals surface area contributed by atoms with Gasteiger partial charge in [-0.25, -0.2) is 0 Å². The van der Waals surface area contributed by atoms with E-state index in [1.165, 1.54) is 110 Å². The molecule has 204 valence electrons. The molecule has 2 aliphatic rings. The molecular weight excluding hydrogens is 528 g/mol. The zero-order valence-corrected chi connectivity index (χ0v) is 24.7. The average molecular weight is 557 g/mol. The third kappa shape index (κ3) is 3.02. The van der Waals surface area contributed by atoms with Crippen LogP contribution in [-0.2, 0) is 0 Å². The van der Waals surface area contributed by atoms with Crippen LogP contribution in [0.2, 0.25) is 0 Å². The van der Waals surface area contributed by atoms with Crippen LogP contribution in [0, 0.1) is 13.8 Å². The van der Waals surface area contributed by atoms with Gasteiger partial charge in [-0.3, -0.25) is 0 Å². The Kier molecular flexibility index (Phi) is 4.67. The Labute approximate surface area is 256 Å². The van der Waals surface area contributed by atoms with E-state index in [1.54, 1.807) is 0 Å². The van der Waals surface area contributed by atoms with Gasteiger partial charge in [0.25, 0.3) is 0 Å². The van der Waals surface area contributed by atoms with Gasteiger partial charge in [0.05, 0.1) is 0 Å². The van der Waals surface area contributed by atoms with Gasteiger partial charge in [0, 0.05) is 0 Å². The van der Waals surface area contributed by atoms with E-state index in [4.69, 9.17) is 0 Å². The number of rotatable bonds is 2. The first-order chi connectivity index (χ1) is 21.7. The lowest BCUT2D eigenvalue weighted by Gasteiger charge is -2.21. The second kappa shape index (κ2) is 8.56. The summed E-state index contributed by atoms with van der Waals surface area (Å²) in [5, 5.41) is 7.96. The van der Waals surface area contributed by atoms with Crippen molar-refractivity contribution in [2.75, 3.05) is 0 Å². The molecule has 8 aromatic carbocycles. The maximum absolute atomic E-state index is 2.43. The molecule has 0 heteroatoms. The van der Waals surface area contributed by atoms with Crippen LogP contribution in [0.1, 0.15) is 11.1 Å². The Hall–Kier alpha value is -5.46. The van der Waals surface area contributed by atoms with Crippen molar-refractivity contribution >= 4 is 32.3 Å². The third-order valence-electron chi connectivity index (χ3n) is 10.2. The fourth-order valence-electron chi connectivity index (χ4n) is 8.14. The number of hydrogen-bond donors (Lipinski definition) is 0. The summed E-state index contributed by atoms with van der Waals surface area (Å²) in [4.78, 5) is 0. The first-order valence-corrected chi connectivity index (χ1v) is 15.5. The molecule has 0 saturated heterocycles. The molecule has 0 atom stereocenters. The van der Waals surface area contributed by atoms with Gasteiger partial charge in [0.2, 0.25) is 0 Å². The van der Waals surface area contributed by atoms with E-state index >= 15 is 0 Å². The van der Waals surface area contributed by atoms with Gasteiger partial charge in [-0.15, -0.1) is 0 Å². The smallest absolute Gasteiger partial charge is 0.000740 e. The van der Waals surface area contributed by atoms with Gasteiger partial charge in [0.15, 0.2) is 0 Å². The molecule has 0 radical (unpaired) electrons. The predicted molar refractivity (Wildman–Crippen MR) is 188 cm³/mol. The molecule has 0 nitrogen and oxygen atoms in total. The van der Waals surface area contributed by atoms with Crippen LogP contribution in [0.3, 0.4) is 0 Å². The molecule has 0 fully saturated rings. The summed E-state index contributed by atoms with van der Waals surface area (Å²) in [6.45, 7) is 4.47. The molecule has 0 saturated carbocycles. The van der Waals surface area contributed by atoms with E-state index < -0.39 is 0 Å². The molecule has 0 spiro atoms. The number of aryl methyl sites for hydroxylation is 2. The molecule has 0 amide bonds. The van der Waals surface area contributed by atoms with E-state index in [0.717, 1.165) is 0 Å². The molecule has 0 aliphatic heterocycles. The summed E-state index contributed by atoms with van der Waals surface area (Å²) in [7, 11) is 0. The van der Waals surface area contributed by atoms with Crippen LogP contribution in [0.5, 0.6) is 0 Å². The predicted octanol–water partition coefficient (Wildman–Crippen LogP) is 12.4. The van der Waals surface area contributed by atoms with Crippen LogP contribution in [0.25, 0.3) is 99.1 Å². The highest BCUT2D eigenvalue weighted by atomic mass is 14.4. The number of benzene rings is 8. The minimum Gasteiger partial charge on any atom is -0.0622 e. The zero-order chi connectivity index (χ0) is 29.1. The molecule has 0 unspecified atom stereocenters.